The highest BCUT2D eigenvalue weighted by Crippen LogP contribution is 2.40. The zero-order chi connectivity index (χ0) is 19.0. The molecule has 0 spiro atoms. The van der Waals surface area contributed by atoms with E-state index in [1.54, 1.807) is 0 Å². The maximum atomic E-state index is 12.8. The van der Waals surface area contributed by atoms with Crippen LogP contribution in [0.3, 0.4) is 0 Å². The molecule has 6 N–H and O–H groups in total. The van der Waals surface area contributed by atoms with Gasteiger partial charge in [0.05, 0.1) is 11.9 Å². The maximum absolute atomic E-state index is 12.8. The second-order valence-corrected chi connectivity index (χ2v) is 7.94. The molecule has 26 heavy (non-hydrogen) atoms. The molecule has 2 aliphatic heterocycles. The molecule has 0 radical (unpaired) electrons. The Kier molecular flexibility index (Phi) is 5.94. The molecule has 142 valence electrons. The highest BCUT2D eigenvalue weighted by atomic mass is 32.2. The molecule has 1 aromatic carbocycles. The normalized spacial score (nSPS) is 38.5. The molecule has 10 heteroatoms. The fourth-order valence-corrected chi connectivity index (χ4v) is 4.65. The van der Waals surface area contributed by atoms with Crippen LogP contribution in [0.25, 0.3) is 0 Å². The van der Waals surface area contributed by atoms with Gasteiger partial charge in [-0.3, -0.25) is 9.69 Å². The lowest BCUT2D eigenvalue weighted by molar-refractivity contribution is -0.253. The highest BCUT2D eigenvalue weighted by Gasteiger charge is 2.51. The summed E-state index contributed by atoms with van der Waals surface area (Å²) in [5.74, 6) is -0.563. The standard InChI is InChI=1S/C16H20N2O6S2/c17-9-13(7-4-2-1-3-5-7)26-16(25)18(14(9)23)15-12(22)11(21)10(20)8(6-19)24-15/h1-5,8-13,15,19-22H,6,17H2/t8-,9-,10+,11+,12-,13+,15-/m1/s1. The Morgan fingerprint density at radius 1 is 1.15 bits per heavy atom. The van der Waals surface area contributed by atoms with Crippen LogP contribution in [0, 0.1) is 0 Å². The van der Waals surface area contributed by atoms with E-state index in [9.17, 15) is 25.2 Å². The average Bonchev–Trinajstić information content (AvgIpc) is 2.65. The first kappa shape index (κ1) is 19.6. The molecular formula is C16H20N2O6S2. The van der Waals surface area contributed by atoms with E-state index < -0.39 is 54.4 Å². The highest BCUT2D eigenvalue weighted by molar-refractivity contribution is 8.23. The van der Waals surface area contributed by atoms with E-state index in [4.69, 9.17) is 22.7 Å². The molecule has 0 aliphatic carbocycles. The quantitative estimate of drug-likeness (QED) is 0.393. The van der Waals surface area contributed by atoms with E-state index in [0.717, 1.165) is 10.5 Å². The maximum Gasteiger partial charge on any atom is 0.248 e. The SMILES string of the molecule is N[C@H]1C(=O)N([C@@H]2O[C@H](CO)[C@H](O)[C@H](O)[C@H]2O)C(=S)S[C@H]1c1ccccc1. The summed E-state index contributed by atoms with van der Waals surface area (Å²) in [6.45, 7) is -0.595. The molecule has 3 rings (SSSR count). The molecule has 0 bridgehead atoms. The van der Waals surface area contributed by atoms with Gasteiger partial charge in [-0.05, 0) is 5.56 Å². The number of benzene rings is 1. The second kappa shape index (κ2) is 7.87. The number of rotatable bonds is 3. The topological polar surface area (TPSA) is 136 Å². The molecular weight excluding hydrogens is 380 g/mol. The first-order valence-electron chi connectivity index (χ1n) is 8.01. The van der Waals surface area contributed by atoms with E-state index in [0.29, 0.717) is 0 Å². The van der Waals surface area contributed by atoms with Crippen LogP contribution in [0.1, 0.15) is 10.8 Å². The van der Waals surface area contributed by atoms with Gasteiger partial charge in [0.2, 0.25) is 5.91 Å². The van der Waals surface area contributed by atoms with E-state index in [-0.39, 0.29) is 4.32 Å². The molecule has 1 aromatic rings. The predicted octanol–water partition coefficient (Wildman–Crippen LogP) is -1.28. The number of nitrogens with zero attached hydrogens (tertiary/aromatic N) is 1. The van der Waals surface area contributed by atoms with Crippen LogP contribution in [0.15, 0.2) is 30.3 Å². The van der Waals surface area contributed by atoms with E-state index >= 15 is 0 Å². The lowest BCUT2D eigenvalue weighted by atomic mass is 9.97. The lowest BCUT2D eigenvalue weighted by Crippen LogP contribution is -2.67. The first-order valence-corrected chi connectivity index (χ1v) is 9.30. The number of ether oxygens (including phenoxy) is 1. The number of aliphatic hydroxyl groups is 4. The molecule has 8 nitrogen and oxygen atoms in total. The van der Waals surface area contributed by atoms with Crippen LogP contribution in [-0.4, -0.2) is 78.8 Å². The number of amides is 1. The number of hydrogen-bond acceptors (Lipinski definition) is 9. The van der Waals surface area contributed by atoms with Gasteiger partial charge in [-0.2, -0.15) is 0 Å². The number of thiocarbonyl (C=S) groups is 1. The van der Waals surface area contributed by atoms with E-state index in [1.807, 2.05) is 30.3 Å². The first-order chi connectivity index (χ1) is 12.4. The Bertz CT molecular complexity index is 676. The Morgan fingerprint density at radius 2 is 1.81 bits per heavy atom. The van der Waals surface area contributed by atoms with Gasteiger partial charge in [0.1, 0.15) is 34.8 Å². The Balaban J connectivity index is 1.85. The van der Waals surface area contributed by atoms with Gasteiger partial charge >= 0.3 is 0 Å². The van der Waals surface area contributed by atoms with Gasteiger partial charge in [-0.15, -0.1) is 0 Å². The van der Waals surface area contributed by atoms with Gasteiger partial charge in [0.25, 0.3) is 0 Å². The molecule has 0 unspecified atom stereocenters. The average molecular weight is 400 g/mol. The van der Waals surface area contributed by atoms with Crippen molar-refractivity contribution in [2.75, 3.05) is 6.61 Å². The van der Waals surface area contributed by atoms with Crippen LogP contribution >= 0.6 is 24.0 Å². The summed E-state index contributed by atoms with van der Waals surface area (Å²) in [5, 5.41) is 39.0. The lowest BCUT2D eigenvalue weighted by Gasteiger charge is -2.47. The largest absolute Gasteiger partial charge is 0.394 e. The minimum absolute atomic E-state index is 0.134. The van der Waals surface area contributed by atoms with Gasteiger partial charge < -0.3 is 30.9 Å². The zero-order valence-electron chi connectivity index (χ0n) is 13.6. The Morgan fingerprint density at radius 3 is 2.42 bits per heavy atom. The van der Waals surface area contributed by atoms with Crippen molar-refractivity contribution >= 4 is 34.2 Å². The van der Waals surface area contributed by atoms with Crippen LogP contribution < -0.4 is 5.73 Å². The van der Waals surface area contributed by atoms with Crippen LogP contribution in [0.2, 0.25) is 0 Å². The number of carbonyl (C=O) groups is 1. The van der Waals surface area contributed by atoms with Crippen molar-refractivity contribution in [2.45, 2.75) is 41.9 Å². The van der Waals surface area contributed by atoms with Crippen molar-refractivity contribution < 1.29 is 30.0 Å². The molecule has 1 amide bonds. The Hall–Kier alpha value is -1.11. The molecule has 2 saturated heterocycles. The van der Waals surface area contributed by atoms with Crippen molar-refractivity contribution in [3.8, 4) is 0 Å². The third-order valence-electron chi connectivity index (χ3n) is 4.52. The number of carbonyl (C=O) groups excluding carboxylic acids is 1. The van der Waals surface area contributed by atoms with Crippen LogP contribution in [0.4, 0.5) is 0 Å². The summed E-state index contributed by atoms with van der Waals surface area (Å²) in [7, 11) is 0. The molecule has 0 aromatic heterocycles. The number of nitrogens with two attached hydrogens (primary N) is 1. The molecule has 7 atom stereocenters. The summed E-state index contributed by atoms with van der Waals surface area (Å²) >= 11 is 6.51. The smallest absolute Gasteiger partial charge is 0.248 e. The fraction of sp³-hybridized carbons (Fsp3) is 0.500. The molecule has 0 saturated carbocycles. The zero-order valence-corrected chi connectivity index (χ0v) is 15.2. The fourth-order valence-electron chi connectivity index (χ4n) is 3.06. The van der Waals surface area contributed by atoms with Crippen LogP contribution in [-0.2, 0) is 9.53 Å². The molecule has 2 heterocycles. The molecule has 2 fully saturated rings. The monoisotopic (exact) mass is 400 g/mol. The summed E-state index contributed by atoms with van der Waals surface area (Å²) in [6, 6.07) is 8.26. The minimum Gasteiger partial charge on any atom is -0.394 e. The third-order valence-corrected chi connectivity index (χ3v) is 6.23. The van der Waals surface area contributed by atoms with Crippen molar-refractivity contribution in [3.05, 3.63) is 35.9 Å². The summed E-state index contributed by atoms with van der Waals surface area (Å²) in [6.07, 6.45) is -7.20. The van der Waals surface area contributed by atoms with Gasteiger partial charge in [0, 0.05) is 0 Å². The third kappa shape index (κ3) is 3.39. The van der Waals surface area contributed by atoms with Gasteiger partial charge in [-0.1, -0.05) is 54.3 Å². The van der Waals surface area contributed by atoms with E-state index in [2.05, 4.69) is 0 Å². The predicted molar refractivity (Wildman–Crippen MR) is 98.0 cm³/mol. The van der Waals surface area contributed by atoms with Crippen LogP contribution in [0.5, 0.6) is 0 Å². The van der Waals surface area contributed by atoms with Crippen molar-refractivity contribution in [2.24, 2.45) is 5.73 Å². The number of thioether (sulfide) groups is 1. The number of hydrogen-bond donors (Lipinski definition) is 5. The van der Waals surface area contributed by atoms with Gasteiger partial charge in [-0.25, -0.2) is 0 Å². The summed E-state index contributed by atoms with van der Waals surface area (Å²) in [4.78, 5) is 13.9. The van der Waals surface area contributed by atoms with Crippen molar-refractivity contribution in [3.63, 3.8) is 0 Å². The Labute approximate surface area is 159 Å². The van der Waals surface area contributed by atoms with Gasteiger partial charge in [0.15, 0.2) is 6.23 Å². The minimum atomic E-state index is -1.60. The molecule has 2 aliphatic rings. The van der Waals surface area contributed by atoms with Crippen molar-refractivity contribution in [1.29, 1.82) is 0 Å². The summed E-state index contributed by atoms with van der Waals surface area (Å²) < 4.78 is 5.57. The number of aliphatic hydroxyl groups excluding tert-OH is 4. The summed E-state index contributed by atoms with van der Waals surface area (Å²) in [5.41, 5.74) is 6.96. The van der Waals surface area contributed by atoms with Crippen molar-refractivity contribution in [1.82, 2.24) is 4.90 Å². The van der Waals surface area contributed by atoms with E-state index in [1.165, 1.54) is 11.8 Å². The second-order valence-electron chi connectivity index (χ2n) is 6.17.